The molecule has 0 atom stereocenters. The van der Waals surface area contributed by atoms with Gasteiger partial charge in [-0.3, -0.25) is 9.52 Å². The molecule has 2 N–H and O–H groups in total. The molecule has 0 amide bonds. The fourth-order valence-corrected chi connectivity index (χ4v) is 7.36. The van der Waals surface area contributed by atoms with E-state index in [4.69, 9.17) is 4.74 Å². The van der Waals surface area contributed by atoms with E-state index in [1.54, 1.807) is 13.8 Å². The average Bonchev–Trinajstić information content (AvgIpc) is 2.73. The van der Waals surface area contributed by atoms with Crippen LogP contribution in [0.15, 0.2) is 46.2 Å². The summed E-state index contributed by atoms with van der Waals surface area (Å²) in [5.41, 5.74) is 2.52. The Morgan fingerprint density at radius 3 is 1.89 bits per heavy atom. The lowest BCUT2D eigenvalue weighted by Crippen LogP contribution is -2.39. The third-order valence-corrected chi connectivity index (χ3v) is 9.56. The molecule has 0 spiro atoms. The van der Waals surface area contributed by atoms with Crippen LogP contribution in [-0.4, -0.2) is 35.0 Å². The van der Waals surface area contributed by atoms with Crippen molar-refractivity contribution in [3.63, 3.8) is 0 Å². The molecule has 198 valence electrons. The maximum absolute atomic E-state index is 13.2. The summed E-state index contributed by atoms with van der Waals surface area (Å²) in [5, 5.41) is 0. The number of esters is 1. The Morgan fingerprint density at radius 1 is 0.889 bits per heavy atom. The Morgan fingerprint density at radius 2 is 1.42 bits per heavy atom. The Bertz CT molecular complexity index is 1300. The zero-order valence-corrected chi connectivity index (χ0v) is 23.3. The van der Waals surface area contributed by atoms with E-state index in [-0.39, 0.29) is 39.0 Å². The highest BCUT2D eigenvalue weighted by Gasteiger charge is 2.28. The third-order valence-electron chi connectivity index (χ3n) is 6.34. The fraction of sp³-hybridized carbons (Fsp3) is 0.500. The van der Waals surface area contributed by atoms with Crippen molar-refractivity contribution in [2.45, 2.75) is 94.6 Å². The minimum atomic E-state index is -3.87. The molecule has 1 aliphatic carbocycles. The standard InChI is InChI=1S/C26H36N2O6S2/c1-17-15-20(26(4,5)6)16-18(2)25(17)36(32,33)28-22-9-13-24(14-10-22)35(30,31)27-21-7-11-23(12-8-21)34-19(3)29/h9-10,13-16,21,23,27-28H,7-8,11-12H2,1-6H3. The fourth-order valence-electron chi connectivity index (χ4n) is 4.54. The molecule has 0 aliphatic heterocycles. The van der Waals surface area contributed by atoms with Crippen LogP contribution in [0.3, 0.4) is 0 Å². The van der Waals surface area contributed by atoms with E-state index in [1.807, 2.05) is 12.1 Å². The molecule has 1 fully saturated rings. The summed E-state index contributed by atoms with van der Waals surface area (Å²) in [7, 11) is -7.65. The molecule has 0 radical (unpaired) electrons. The molecule has 0 saturated heterocycles. The first-order valence-corrected chi connectivity index (χ1v) is 15.0. The van der Waals surface area contributed by atoms with Crippen molar-refractivity contribution < 1.29 is 26.4 Å². The number of nitrogens with one attached hydrogen (secondary N) is 2. The zero-order chi connectivity index (χ0) is 26.9. The van der Waals surface area contributed by atoms with Gasteiger partial charge in [-0.15, -0.1) is 0 Å². The van der Waals surface area contributed by atoms with Crippen LogP contribution in [0.5, 0.6) is 0 Å². The molecule has 2 aromatic carbocycles. The number of ether oxygens (including phenoxy) is 1. The third kappa shape index (κ3) is 6.86. The second-order valence-corrected chi connectivity index (χ2v) is 13.9. The van der Waals surface area contributed by atoms with Gasteiger partial charge in [0.2, 0.25) is 10.0 Å². The van der Waals surface area contributed by atoms with Crippen LogP contribution in [0.1, 0.15) is 70.1 Å². The number of anilines is 1. The zero-order valence-electron chi connectivity index (χ0n) is 21.7. The lowest BCUT2D eigenvalue weighted by molar-refractivity contribution is -0.147. The van der Waals surface area contributed by atoms with Gasteiger partial charge in [0, 0.05) is 18.7 Å². The molecular formula is C26H36N2O6S2. The van der Waals surface area contributed by atoms with Crippen LogP contribution in [0.25, 0.3) is 0 Å². The number of hydrogen-bond donors (Lipinski definition) is 2. The summed E-state index contributed by atoms with van der Waals surface area (Å²) in [4.78, 5) is 11.4. The maximum Gasteiger partial charge on any atom is 0.302 e. The van der Waals surface area contributed by atoms with Gasteiger partial charge in [-0.1, -0.05) is 32.9 Å². The van der Waals surface area contributed by atoms with Crippen molar-refractivity contribution >= 4 is 31.7 Å². The molecular weight excluding hydrogens is 500 g/mol. The van der Waals surface area contributed by atoms with E-state index in [0.717, 1.165) is 5.56 Å². The van der Waals surface area contributed by atoms with E-state index in [0.29, 0.717) is 36.8 Å². The number of aryl methyl sites for hydroxylation is 2. The number of benzene rings is 2. The molecule has 0 unspecified atom stereocenters. The summed E-state index contributed by atoms with van der Waals surface area (Å²) < 4.78 is 62.5. The largest absolute Gasteiger partial charge is 0.463 e. The number of carbonyl (C=O) groups excluding carboxylic acids is 1. The highest BCUT2D eigenvalue weighted by molar-refractivity contribution is 7.92. The minimum Gasteiger partial charge on any atom is -0.463 e. The van der Waals surface area contributed by atoms with Crippen molar-refractivity contribution in [1.82, 2.24) is 4.72 Å². The summed E-state index contributed by atoms with van der Waals surface area (Å²) in [6.45, 7) is 11.1. The van der Waals surface area contributed by atoms with Crippen molar-refractivity contribution in [2.24, 2.45) is 0 Å². The lowest BCUT2D eigenvalue weighted by atomic mass is 9.85. The number of sulfonamides is 2. The number of carbonyl (C=O) groups is 1. The summed E-state index contributed by atoms with van der Waals surface area (Å²) in [6.07, 6.45) is 2.17. The summed E-state index contributed by atoms with van der Waals surface area (Å²) >= 11 is 0. The van der Waals surface area contributed by atoms with Crippen LogP contribution >= 0.6 is 0 Å². The van der Waals surface area contributed by atoms with Crippen LogP contribution in [0.2, 0.25) is 0 Å². The predicted molar refractivity (Wildman–Crippen MR) is 140 cm³/mol. The van der Waals surface area contributed by atoms with Crippen molar-refractivity contribution in [1.29, 1.82) is 0 Å². The van der Waals surface area contributed by atoms with E-state index in [2.05, 4.69) is 30.2 Å². The van der Waals surface area contributed by atoms with E-state index < -0.39 is 20.0 Å². The predicted octanol–water partition coefficient (Wildman–Crippen LogP) is 4.55. The summed E-state index contributed by atoms with van der Waals surface area (Å²) in [5.74, 6) is -0.331. The topological polar surface area (TPSA) is 119 Å². The van der Waals surface area contributed by atoms with E-state index in [1.165, 1.54) is 31.2 Å². The van der Waals surface area contributed by atoms with Crippen LogP contribution in [0, 0.1) is 13.8 Å². The van der Waals surface area contributed by atoms with Gasteiger partial charge in [-0.2, -0.15) is 0 Å². The Kier molecular flexibility index (Phi) is 8.22. The van der Waals surface area contributed by atoms with Crippen molar-refractivity contribution in [2.75, 3.05) is 4.72 Å². The maximum atomic E-state index is 13.2. The smallest absolute Gasteiger partial charge is 0.302 e. The normalized spacial score (nSPS) is 19.1. The molecule has 36 heavy (non-hydrogen) atoms. The number of hydrogen-bond acceptors (Lipinski definition) is 6. The highest BCUT2D eigenvalue weighted by Crippen LogP contribution is 2.30. The van der Waals surface area contributed by atoms with Gasteiger partial charge in [0.15, 0.2) is 0 Å². The second-order valence-electron chi connectivity index (χ2n) is 10.5. The molecule has 0 aromatic heterocycles. The van der Waals surface area contributed by atoms with Crippen LogP contribution in [0.4, 0.5) is 5.69 Å². The van der Waals surface area contributed by atoms with Gasteiger partial charge < -0.3 is 4.74 Å². The van der Waals surface area contributed by atoms with Crippen LogP contribution in [-0.2, 0) is 35.0 Å². The Hall–Kier alpha value is -2.43. The molecule has 1 aliphatic rings. The van der Waals surface area contributed by atoms with Gasteiger partial charge in [-0.05, 0) is 85.9 Å². The van der Waals surface area contributed by atoms with Gasteiger partial charge in [0.1, 0.15) is 6.10 Å². The van der Waals surface area contributed by atoms with Crippen molar-refractivity contribution in [3.8, 4) is 0 Å². The quantitative estimate of drug-likeness (QED) is 0.501. The highest BCUT2D eigenvalue weighted by atomic mass is 32.2. The van der Waals surface area contributed by atoms with Gasteiger partial charge >= 0.3 is 5.97 Å². The molecule has 1 saturated carbocycles. The summed E-state index contributed by atoms with van der Waals surface area (Å²) in [6, 6.07) is 9.18. The molecule has 0 heterocycles. The van der Waals surface area contributed by atoms with Crippen LogP contribution < -0.4 is 9.44 Å². The first-order valence-electron chi connectivity index (χ1n) is 12.0. The SMILES string of the molecule is CC(=O)OC1CCC(NS(=O)(=O)c2ccc(NS(=O)(=O)c3c(C)cc(C(C)(C)C)cc3C)cc2)CC1. The first kappa shape index (κ1) is 28.1. The molecule has 2 aromatic rings. The minimum absolute atomic E-state index is 0.0504. The Labute approximate surface area is 214 Å². The average molecular weight is 537 g/mol. The van der Waals surface area contributed by atoms with E-state index >= 15 is 0 Å². The molecule has 8 nitrogen and oxygen atoms in total. The molecule has 0 bridgehead atoms. The Balaban J connectivity index is 1.71. The van der Waals surface area contributed by atoms with Gasteiger partial charge in [0.05, 0.1) is 9.79 Å². The van der Waals surface area contributed by atoms with Gasteiger partial charge in [0.25, 0.3) is 10.0 Å². The molecule has 3 rings (SSSR count). The second kappa shape index (κ2) is 10.5. The first-order chi connectivity index (χ1) is 16.6. The van der Waals surface area contributed by atoms with Gasteiger partial charge in [-0.25, -0.2) is 21.6 Å². The number of rotatable bonds is 7. The monoisotopic (exact) mass is 536 g/mol. The molecule has 10 heteroatoms. The van der Waals surface area contributed by atoms with Crippen molar-refractivity contribution in [3.05, 3.63) is 53.1 Å². The lowest BCUT2D eigenvalue weighted by Gasteiger charge is -2.28. The van der Waals surface area contributed by atoms with E-state index in [9.17, 15) is 21.6 Å².